The molecular weight excluding hydrogens is 182 g/mol. The summed E-state index contributed by atoms with van der Waals surface area (Å²) in [5.74, 6) is 4.58. The average Bonchev–Trinajstić information content (AvgIpc) is 1.99. The van der Waals surface area contributed by atoms with E-state index in [4.69, 9.17) is 5.90 Å². The maximum atomic E-state index is 11.0. The van der Waals surface area contributed by atoms with Crippen LogP contribution >= 0.6 is 12.4 Å². The zero-order valence-corrected chi connectivity index (χ0v) is 8.44. The highest BCUT2D eigenvalue weighted by Crippen LogP contribution is 2.21. The molecule has 0 aliphatic carbocycles. The lowest BCUT2D eigenvalue weighted by atomic mass is 9.90. The molecule has 0 saturated carbocycles. The fourth-order valence-electron chi connectivity index (χ4n) is 0.692. The maximum Gasteiger partial charge on any atom is 0.311 e. The van der Waals surface area contributed by atoms with Crippen LogP contribution in [0.25, 0.3) is 0 Å². The molecule has 0 heterocycles. The van der Waals surface area contributed by atoms with E-state index in [1.54, 1.807) is 13.8 Å². The van der Waals surface area contributed by atoms with Crippen molar-refractivity contribution in [3.8, 4) is 0 Å². The molecule has 0 spiro atoms. The van der Waals surface area contributed by atoms with Gasteiger partial charge in [0.05, 0.1) is 19.1 Å². The SMILES string of the molecule is COC(=O)C(C)(C)CCON.Cl. The van der Waals surface area contributed by atoms with Crippen molar-refractivity contribution in [3.05, 3.63) is 0 Å². The first-order valence-electron chi connectivity index (χ1n) is 3.44. The standard InChI is InChI=1S/C7H15NO3.ClH/c1-7(2,4-5-11-8)6(9)10-3;/h4-5,8H2,1-3H3;1H. The normalized spacial score (nSPS) is 10.3. The Morgan fingerprint density at radius 3 is 2.33 bits per heavy atom. The van der Waals surface area contributed by atoms with Crippen molar-refractivity contribution in [1.82, 2.24) is 0 Å². The van der Waals surface area contributed by atoms with Crippen molar-refractivity contribution in [2.45, 2.75) is 20.3 Å². The molecule has 0 saturated heterocycles. The van der Waals surface area contributed by atoms with Gasteiger partial charge in [0.15, 0.2) is 0 Å². The quantitative estimate of drug-likeness (QED) is 0.537. The number of halogens is 1. The highest BCUT2D eigenvalue weighted by atomic mass is 35.5. The minimum absolute atomic E-state index is 0. The van der Waals surface area contributed by atoms with Gasteiger partial charge in [-0.05, 0) is 20.3 Å². The molecule has 0 unspecified atom stereocenters. The molecule has 0 aromatic rings. The van der Waals surface area contributed by atoms with Gasteiger partial charge in [0.1, 0.15) is 0 Å². The van der Waals surface area contributed by atoms with E-state index in [0.717, 1.165) is 0 Å². The van der Waals surface area contributed by atoms with Crippen LogP contribution in [0.15, 0.2) is 0 Å². The maximum absolute atomic E-state index is 11.0. The second-order valence-electron chi connectivity index (χ2n) is 3.00. The number of ether oxygens (including phenoxy) is 1. The van der Waals surface area contributed by atoms with Crippen LogP contribution in [-0.4, -0.2) is 19.7 Å². The third-order valence-electron chi connectivity index (χ3n) is 1.58. The number of methoxy groups -OCH3 is 1. The van der Waals surface area contributed by atoms with E-state index in [9.17, 15) is 4.79 Å². The molecule has 0 aliphatic rings. The first kappa shape index (κ1) is 14.2. The molecule has 0 aliphatic heterocycles. The van der Waals surface area contributed by atoms with Gasteiger partial charge in [0.25, 0.3) is 0 Å². The van der Waals surface area contributed by atoms with Crippen LogP contribution in [0.3, 0.4) is 0 Å². The molecule has 0 radical (unpaired) electrons. The van der Waals surface area contributed by atoms with Crippen molar-refractivity contribution >= 4 is 18.4 Å². The lowest BCUT2D eigenvalue weighted by Crippen LogP contribution is -2.27. The zero-order chi connectivity index (χ0) is 8.91. The molecule has 2 N–H and O–H groups in total. The molecule has 0 bridgehead atoms. The lowest BCUT2D eigenvalue weighted by molar-refractivity contribution is -0.151. The summed E-state index contributed by atoms with van der Waals surface area (Å²) >= 11 is 0. The van der Waals surface area contributed by atoms with Gasteiger partial charge in [-0.15, -0.1) is 12.4 Å². The first-order chi connectivity index (χ1) is 5.04. The fraction of sp³-hybridized carbons (Fsp3) is 0.857. The molecule has 5 heteroatoms. The van der Waals surface area contributed by atoms with E-state index in [-0.39, 0.29) is 18.4 Å². The summed E-state index contributed by atoms with van der Waals surface area (Å²) in [7, 11) is 1.37. The smallest absolute Gasteiger partial charge is 0.311 e. The summed E-state index contributed by atoms with van der Waals surface area (Å²) in [6.07, 6.45) is 0.566. The van der Waals surface area contributed by atoms with Crippen LogP contribution in [0, 0.1) is 5.41 Å². The van der Waals surface area contributed by atoms with E-state index >= 15 is 0 Å². The number of hydrogen-bond acceptors (Lipinski definition) is 4. The third-order valence-corrected chi connectivity index (χ3v) is 1.58. The number of carbonyl (C=O) groups excluding carboxylic acids is 1. The molecule has 0 aromatic carbocycles. The third kappa shape index (κ3) is 4.54. The predicted octanol–water partition coefficient (Wildman–Crippen LogP) is 0.888. The number of nitrogens with two attached hydrogens (primary N) is 1. The van der Waals surface area contributed by atoms with Crippen LogP contribution in [-0.2, 0) is 14.4 Å². The molecule has 0 rings (SSSR count). The van der Waals surface area contributed by atoms with Gasteiger partial charge >= 0.3 is 5.97 Å². The van der Waals surface area contributed by atoms with Crippen molar-refractivity contribution in [2.75, 3.05) is 13.7 Å². The topological polar surface area (TPSA) is 61.5 Å². The Bertz CT molecular complexity index is 139. The second kappa shape index (κ2) is 6.22. The molecule has 0 fully saturated rings. The summed E-state index contributed by atoms with van der Waals surface area (Å²) in [6.45, 7) is 3.94. The van der Waals surface area contributed by atoms with Gasteiger partial charge in [-0.3, -0.25) is 4.79 Å². The van der Waals surface area contributed by atoms with Gasteiger partial charge in [-0.2, -0.15) is 0 Å². The van der Waals surface area contributed by atoms with Crippen LogP contribution in [0.2, 0.25) is 0 Å². The van der Waals surface area contributed by atoms with Gasteiger partial charge < -0.3 is 9.57 Å². The Morgan fingerprint density at radius 1 is 1.50 bits per heavy atom. The summed E-state index contributed by atoms with van der Waals surface area (Å²) < 4.78 is 4.58. The Hall–Kier alpha value is -0.320. The van der Waals surface area contributed by atoms with Crippen molar-refractivity contribution in [3.63, 3.8) is 0 Å². The van der Waals surface area contributed by atoms with Gasteiger partial charge in [-0.25, -0.2) is 5.90 Å². The van der Waals surface area contributed by atoms with Crippen LogP contribution in [0.5, 0.6) is 0 Å². The Morgan fingerprint density at radius 2 is 2.00 bits per heavy atom. The summed E-state index contributed by atoms with van der Waals surface area (Å²) in [4.78, 5) is 15.4. The van der Waals surface area contributed by atoms with Crippen LogP contribution in [0.4, 0.5) is 0 Å². The van der Waals surface area contributed by atoms with Gasteiger partial charge in [0, 0.05) is 0 Å². The van der Waals surface area contributed by atoms with E-state index in [1.165, 1.54) is 7.11 Å². The number of carbonyl (C=O) groups is 1. The van der Waals surface area contributed by atoms with E-state index in [0.29, 0.717) is 13.0 Å². The second-order valence-corrected chi connectivity index (χ2v) is 3.00. The van der Waals surface area contributed by atoms with Crippen molar-refractivity contribution in [1.29, 1.82) is 0 Å². The fourth-order valence-corrected chi connectivity index (χ4v) is 0.692. The average molecular weight is 198 g/mol. The molecule has 74 valence electrons. The lowest BCUT2D eigenvalue weighted by Gasteiger charge is -2.19. The van der Waals surface area contributed by atoms with Crippen molar-refractivity contribution < 1.29 is 14.4 Å². The predicted molar refractivity (Wildman–Crippen MR) is 47.8 cm³/mol. The van der Waals surface area contributed by atoms with Crippen LogP contribution in [0.1, 0.15) is 20.3 Å². The molecule has 12 heavy (non-hydrogen) atoms. The first-order valence-corrected chi connectivity index (χ1v) is 3.44. The number of hydrogen-bond donors (Lipinski definition) is 1. The Kier molecular flexibility index (Phi) is 7.37. The molecule has 0 atom stereocenters. The minimum atomic E-state index is -0.506. The summed E-state index contributed by atoms with van der Waals surface area (Å²) in [5, 5.41) is 0. The number of esters is 1. The van der Waals surface area contributed by atoms with E-state index in [1.807, 2.05) is 0 Å². The Labute approximate surface area is 78.8 Å². The summed E-state index contributed by atoms with van der Waals surface area (Å²) in [5.41, 5.74) is -0.506. The molecule has 0 aromatic heterocycles. The monoisotopic (exact) mass is 197 g/mol. The van der Waals surface area contributed by atoms with Crippen molar-refractivity contribution in [2.24, 2.45) is 11.3 Å². The molecular formula is C7H16ClNO3. The van der Waals surface area contributed by atoms with E-state index < -0.39 is 5.41 Å². The van der Waals surface area contributed by atoms with Gasteiger partial charge in [-0.1, -0.05) is 0 Å². The minimum Gasteiger partial charge on any atom is -0.469 e. The van der Waals surface area contributed by atoms with E-state index in [2.05, 4.69) is 9.57 Å². The highest BCUT2D eigenvalue weighted by Gasteiger charge is 2.27. The highest BCUT2D eigenvalue weighted by molar-refractivity contribution is 5.85. The largest absolute Gasteiger partial charge is 0.469 e. The van der Waals surface area contributed by atoms with Gasteiger partial charge in [0.2, 0.25) is 0 Å². The summed E-state index contributed by atoms with van der Waals surface area (Å²) in [6, 6.07) is 0. The molecule has 0 amide bonds. The zero-order valence-electron chi connectivity index (χ0n) is 7.62. The Balaban J connectivity index is 0. The van der Waals surface area contributed by atoms with Crippen LogP contribution < -0.4 is 5.90 Å². The molecule has 4 nitrogen and oxygen atoms in total. The number of rotatable bonds is 4.